The molecule has 1 aliphatic rings. The molecule has 9 heteroatoms. The fourth-order valence-electron chi connectivity index (χ4n) is 6.11. The van der Waals surface area contributed by atoms with Gasteiger partial charge in [0, 0.05) is 24.7 Å². The minimum Gasteiger partial charge on any atom is -0.508 e. The molecule has 0 radical (unpaired) electrons. The molecule has 3 heterocycles. The molecule has 206 valence electrons. The van der Waals surface area contributed by atoms with E-state index in [0.717, 1.165) is 60.5 Å². The number of pyridine rings is 1. The number of aromatic amines is 1. The smallest absolute Gasteiger partial charge is 0.203 e. The van der Waals surface area contributed by atoms with E-state index >= 15 is 0 Å². The predicted octanol–water partition coefficient (Wildman–Crippen LogP) is 4.60. The number of aromatic hydroxyl groups is 1. The highest BCUT2D eigenvalue weighted by molar-refractivity contribution is 5.77. The monoisotopic (exact) mass is 536 g/mol. The standard InChI is InChI=1S/C31H36N8O/c32-29-18-28(30-31(35-29)37-38-36-30)27(24-19-34-39(20-24)14-12-22-7-4-8-26(40)17-22)11-13-33-25-10-9-23(16-25)15-21-5-2-1-3-6-21/h1-8,17-20,23,25,27,33,40H,9-16H2,(H3,32,35,36,37,38)/t23-,25+,27?/m0/s1. The maximum absolute atomic E-state index is 9.79. The first-order valence-corrected chi connectivity index (χ1v) is 14.1. The number of anilines is 1. The maximum Gasteiger partial charge on any atom is 0.203 e. The van der Waals surface area contributed by atoms with Crippen LogP contribution in [0.3, 0.4) is 0 Å². The summed E-state index contributed by atoms with van der Waals surface area (Å²) >= 11 is 0. The van der Waals surface area contributed by atoms with Crippen LogP contribution in [0.25, 0.3) is 11.2 Å². The highest BCUT2D eigenvalue weighted by Gasteiger charge is 2.26. The molecule has 1 saturated carbocycles. The van der Waals surface area contributed by atoms with Gasteiger partial charge in [0.25, 0.3) is 0 Å². The fraction of sp³-hybridized carbons (Fsp3) is 0.355. The molecule has 1 aliphatic carbocycles. The van der Waals surface area contributed by atoms with Crippen LogP contribution in [0.15, 0.2) is 73.1 Å². The van der Waals surface area contributed by atoms with Gasteiger partial charge in [0.1, 0.15) is 17.1 Å². The summed E-state index contributed by atoms with van der Waals surface area (Å²) < 4.78 is 1.97. The number of hydrogen-bond donors (Lipinski definition) is 4. The third-order valence-electron chi connectivity index (χ3n) is 8.09. The number of H-pyrrole nitrogens is 1. The number of nitrogen functional groups attached to an aromatic ring is 1. The number of nitrogens with two attached hydrogens (primary N) is 1. The third-order valence-corrected chi connectivity index (χ3v) is 8.09. The highest BCUT2D eigenvalue weighted by atomic mass is 16.3. The van der Waals surface area contributed by atoms with Crippen molar-refractivity contribution in [3.05, 3.63) is 95.3 Å². The van der Waals surface area contributed by atoms with Crippen LogP contribution in [0.2, 0.25) is 0 Å². The highest BCUT2D eigenvalue weighted by Crippen LogP contribution is 2.33. The Morgan fingerprint density at radius 2 is 1.93 bits per heavy atom. The van der Waals surface area contributed by atoms with Crippen molar-refractivity contribution < 1.29 is 5.11 Å². The summed E-state index contributed by atoms with van der Waals surface area (Å²) in [5, 5.41) is 29.6. The van der Waals surface area contributed by atoms with E-state index in [1.807, 2.05) is 29.1 Å². The minimum atomic E-state index is 0.0430. The lowest BCUT2D eigenvalue weighted by molar-refractivity contribution is 0.473. The molecular weight excluding hydrogens is 500 g/mol. The van der Waals surface area contributed by atoms with Gasteiger partial charge in [-0.3, -0.25) is 4.68 Å². The number of phenols is 1. The summed E-state index contributed by atoms with van der Waals surface area (Å²) in [5.74, 6) is 1.49. The number of nitrogens with one attached hydrogen (secondary N) is 2. The molecule has 5 aromatic rings. The number of fused-ring (bicyclic) bond motifs is 1. The zero-order valence-corrected chi connectivity index (χ0v) is 22.6. The first kappa shape index (κ1) is 26.0. The second-order valence-corrected chi connectivity index (χ2v) is 10.9. The zero-order valence-electron chi connectivity index (χ0n) is 22.6. The first-order valence-electron chi connectivity index (χ1n) is 14.1. The van der Waals surface area contributed by atoms with Crippen LogP contribution < -0.4 is 11.1 Å². The molecule has 3 aromatic heterocycles. The number of hydrogen-bond acceptors (Lipinski definition) is 7. The third kappa shape index (κ3) is 6.15. The maximum atomic E-state index is 9.79. The van der Waals surface area contributed by atoms with Crippen LogP contribution in [0.4, 0.5) is 5.82 Å². The number of nitrogens with zero attached hydrogens (tertiary/aromatic N) is 5. The lowest BCUT2D eigenvalue weighted by Crippen LogP contribution is -2.28. The predicted molar refractivity (Wildman–Crippen MR) is 156 cm³/mol. The molecular formula is C31H36N8O. The topological polar surface area (TPSA) is 131 Å². The lowest BCUT2D eigenvalue weighted by atomic mass is 9.90. The number of rotatable bonds is 11. The summed E-state index contributed by atoms with van der Waals surface area (Å²) in [6, 6.07) is 20.7. The Morgan fingerprint density at radius 1 is 1.05 bits per heavy atom. The molecule has 0 spiro atoms. The van der Waals surface area contributed by atoms with Crippen LogP contribution in [0, 0.1) is 5.92 Å². The van der Waals surface area contributed by atoms with E-state index < -0.39 is 0 Å². The van der Waals surface area contributed by atoms with E-state index in [0.29, 0.717) is 17.5 Å². The van der Waals surface area contributed by atoms with Crippen LogP contribution in [-0.2, 0) is 19.4 Å². The minimum absolute atomic E-state index is 0.0430. The number of phenolic OH excluding ortho intramolecular Hbond substituents is 1. The molecule has 6 rings (SSSR count). The van der Waals surface area contributed by atoms with E-state index in [4.69, 9.17) is 5.73 Å². The second kappa shape index (κ2) is 11.9. The fourth-order valence-corrected chi connectivity index (χ4v) is 6.11. The Kier molecular flexibility index (Phi) is 7.72. The van der Waals surface area contributed by atoms with Gasteiger partial charge in [0.15, 0.2) is 0 Å². The van der Waals surface area contributed by atoms with Crippen molar-refractivity contribution in [2.75, 3.05) is 12.3 Å². The van der Waals surface area contributed by atoms with E-state index in [9.17, 15) is 5.11 Å². The molecule has 9 nitrogen and oxygen atoms in total. The summed E-state index contributed by atoms with van der Waals surface area (Å²) in [7, 11) is 0. The van der Waals surface area contributed by atoms with Gasteiger partial charge in [-0.2, -0.15) is 15.4 Å². The quantitative estimate of drug-likeness (QED) is 0.194. The summed E-state index contributed by atoms with van der Waals surface area (Å²) in [5.41, 5.74) is 12.1. The SMILES string of the molecule is Nc1cc(C(CCN[C@@H]2CC[C@@H](Cc3ccccc3)C2)c2cnn(CCc3cccc(O)c3)c2)c2n[nH]nc2n1. The van der Waals surface area contributed by atoms with E-state index in [-0.39, 0.29) is 11.7 Å². The van der Waals surface area contributed by atoms with Gasteiger partial charge in [-0.05, 0) is 91.4 Å². The molecule has 0 amide bonds. The van der Waals surface area contributed by atoms with Gasteiger partial charge in [-0.25, -0.2) is 4.98 Å². The van der Waals surface area contributed by atoms with Gasteiger partial charge in [0.05, 0.1) is 6.20 Å². The number of aryl methyl sites for hydroxylation is 2. The Bertz CT molecular complexity index is 1550. The number of aromatic nitrogens is 6. The molecule has 0 saturated heterocycles. The van der Waals surface area contributed by atoms with Gasteiger partial charge in [0.2, 0.25) is 5.65 Å². The van der Waals surface area contributed by atoms with Crippen molar-refractivity contribution in [3.63, 3.8) is 0 Å². The van der Waals surface area contributed by atoms with Crippen molar-refractivity contribution in [2.24, 2.45) is 5.92 Å². The van der Waals surface area contributed by atoms with Crippen LogP contribution in [-0.4, -0.2) is 47.9 Å². The second-order valence-electron chi connectivity index (χ2n) is 10.9. The normalized spacial score (nSPS) is 17.9. The Balaban J connectivity index is 1.14. The summed E-state index contributed by atoms with van der Waals surface area (Å²) in [6.07, 6.45) is 10.6. The first-order chi connectivity index (χ1) is 19.6. The van der Waals surface area contributed by atoms with Crippen molar-refractivity contribution >= 4 is 17.0 Å². The van der Waals surface area contributed by atoms with Crippen molar-refractivity contribution in [3.8, 4) is 5.75 Å². The van der Waals surface area contributed by atoms with Crippen LogP contribution >= 0.6 is 0 Å². The van der Waals surface area contributed by atoms with Crippen LogP contribution in [0.1, 0.15) is 53.9 Å². The van der Waals surface area contributed by atoms with Crippen molar-refractivity contribution in [1.29, 1.82) is 0 Å². The van der Waals surface area contributed by atoms with Gasteiger partial charge >= 0.3 is 0 Å². The molecule has 0 aliphatic heterocycles. The van der Waals surface area contributed by atoms with E-state index in [1.165, 1.54) is 24.8 Å². The van der Waals surface area contributed by atoms with Crippen LogP contribution in [0.5, 0.6) is 5.75 Å². The average molecular weight is 537 g/mol. The molecule has 1 unspecified atom stereocenters. The van der Waals surface area contributed by atoms with E-state index in [2.05, 4.69) is 67.3 Å². The molecule has 1 fully saturated rings. The number of benzene rings is 2. The average Bonchev–Trinajstić information content (AvgIpc) is 3.72. The summed E-state index contributed by atoms with van der Waals surface area (Å²) in [4.78, 5) is 4.35. The molecule has 3 atom stereocenters. The van der Waals surface area contributed by atoms with Gasteiger partial charge < -0.3 is 16.2 Å². The Morgan fingerprint density at radius 3 is 2.80 bits per heavy atom. The Hall–Kier alpha value is -4.24. The lowest BCUT2D eigenvalue weighted by Gasteiger charge is -2.19. The Labute approximate surface area is 233 Å². The van der Waals surface area contributed by atoms with Gasteiger partial charge in [-0.1, -0.05) is 42.5 Å². The van der Waals surface area contributed by atoms with Crippen molar-refractivity contribution in [2.45, 2.75) is 57.0 Å². The molecule has 2 aromatic carbocycles. The summed E-state index contributed by atoms with van der Waals surface area (Å²) in [6.45, 7) is 1.60. The molecule has 5 N–H and O–H groups in total. The largest absolute Gasteiger partial charge is 0.508 e. The van der Waals surface area contributed by atoms with E-state index in [1.54, 1.807) is 12.1 Å². The molecule has 40 heavy (non-hydrogen) atoms. The van der Waals surface area contributed by atoms with Crippen molar-refractivity contribution in [1.82, 2.24) is 35.5 Å². The zero-order chi connectivity index (χ0) is 27.3. The molecule has 0 bridgehead atoms. The van der Waals surface area contributed by atoms with Gasteiger partial charge in [-0.15, -0.1) is 5.10 Å².